The second kappa shape index (κ2) is 7.03. The van der Waals surface area contributed by atoms with E-state index in [1.807, 2.05) is 38.1 Å². The number of para-hydroxylation sites is 1. The molecule has 0 saturated carbocycles. The van der Waals surface area contributed by atoms with Crippen LogP contribution < -0.4 is 9.80 Å². The molecule has 2 aliphatic rings. The number of anilines is 2. The molecule has 32 heavy (non-hydrogen) atoms. The van der Waals surface area contributed by atoms with Gasteiger partial charge in [0, 0.05) is 11.3 Å². The summed E-state index contributed by atoms with van der Waals surface area (Å²) in [6.07, 6.45) is 0. The summed E-state index contributed by atoms with van der Waals surface area (Å²) in [6, 6.07) is 21.5. The number of hydrogen-bond donors (Lipinski definition) is 0. The summed E-state index contributed by atoms with van der Waals surface area (Å²) in [7, 11) is -4.16. The Hall–Kier alpha value is -3.45. The molecule has 7 heteroatoms. The lowest BCUT2D eigenvalue weighted by atomic mass is 10.0. The second-order valence-electron chi connectivity index (χ2n) is 8.30. The van der Waals surface area contributed by atoms with Crippen LogP contribution in [0.25, 0.3) is 0 Å². The standard InChI is InChI=1S/C25H22N2O4S/c1-17-11-13-20(14-12-17)27-23(28)16-32(30,31)25(27)21-9-5-6-10-22(21)26(24(25)29)15-19-8-4-3-7-18(19)2/h3-14H,15-16H2,1-2H3/t25-/m0/s1. The van der Waals surface area contributed by atoms with Crippen molar-refractivity contribution in [3.8, 4) is 0 Å². The molecular weight excluding hydrogens is 424 g/mol. The average molecular weight is 447 g/mol. The molecule has 1 fully saturated rings. The zero-order chi connectivity index (χ0) is 22.7. The smallest absolute Gasteiger partial charge is 0.274 e. The maximum Gasteiger partial charge on any atom is 0.274 e. The number of carbonyl (C=O) groups is 2. The largest absolute Gasteiger partial charge is 0.304 e. The van der Waals surface area contributed by atoms with E-state index in [2.05, 4.69) is 0 Å². The van der Waals surface area contributed by atoms with E-state index in [0.717, 1.165) is 16.7 Å². The summed E-state index contributed by atoms with van der Waals surface area (Å²) in [4.78, 5) is 27.7. The predicted molar refractivity (Wildman–Crippen MR) is 123 cm³/mol. The Morgan fingerprint density at radius 1 is 0.875 bits per heavy atom. The summed E-state index contributed by atoms with van der Waals surface area (Å²) in [5, 5.41) is 0. The van der Waals surface area contributed by atoms with E-state index in [1.165, 1.54) is 9.80 Å². The topological polar surface area (TPSA) is 74.8 Å². The lowest BCUT2D eigenvalue weighted by Crippen LogP contribution is -2.54. The van der Waals surface area contributed by atoms with Gasteiger partial charge in [-0.1, -0.05) is 60.2 Å². The third-order valence-electron chi connectivity index (χ3n) is 6.30. The van der Waals surface area contributed by atoms with Crippen LogP contribution in [0.4, 0.5) is 11.4 Å². The van der Waals surface area contributed by atoms with Crippen molar-refractivity contribution in [2.24, 2.45) is 0 Å². The van der Waals surface area contributed by atoms with Crippen molar-refractivity contribution < 1.29 is 18.0 Å². The second-order valence-corrected chi connectivity index (χ2v) is 10.4. The van der Waals surface area contributed by atoms with Gasteiger partial charge >= 0.3 is 0 Å². The Kier molecular flexibility index (Phi) is 4.49. The van der Waals surface area contributed by atoms with Gasteiger partial charge in [0.15, 0.2) is 9.84 Å². The van der Waals surface area contributed by atoms with Crippen LogP contribution in [-0.4, -0.2) is 26.0 Å². The Bertz CT molecular complexity index is 1360. The number of hydrogen-bond acceptors (Lipinski definition) is 4. The van der Waals surface area contributed by atoms with Gasteiger partial charge < -0.3 is 4.90 Å². The van der Waals surface area contributed by atoms with Gasteiger partial charge in [0.05, 0.1) is 12.2 Å². The molecule has 0 N–H and O–H groups in total. The molecule has 0 bridgehead atoms. The third kappa shape index (κ3) is 2.67. The van der Waals surface area contributed by atoms with Crippen molar-refractivity contribution in [1.82, 2.24) is 0 Å². The van der Waals surface area contributed by atoms with Gasteiger partial charge in [-0.15, -0.1) is 0 Å². The average Bonchev–Trinajstić information content (AvgIpc) is 3.13. The Labute approximate surface area is 187 Å². The molecule has 2 heterocycles. The molecule has 3 aromatic rings. The Morgan fingerprint density at radius 3 is 2.25 bits per heavy atom. The molecule has 2 amide bonds. The number of rotatable bonds is 3. The van der Waals surface area contributed by atoms with Crippen LogP contribution in [0.2, 0.25) is 0 Å². The van der Waals surface area contributed by atoms with E-state index in [9.17, 15) is 18.0 Å². The summed E-state index contributed by atoms with van der Waals surface area (Å²) in [5.41, 5.74) is 4.11. The highest BCUT2D eigenvalue weighted by Crippen LogP contribution is 2.52. The number of amides is 2. The number of fused-ring (bicyclic) bond motifs is 2. The normalized spacial score (nSPS) is 21.4. The molecule has 0 unspecified atom stereocenters. The van der Waals surface area contributed by atoms with Crippen LogP contribution in [0.15, 0.2) is 72.8 Å². The highest BCUT2D eigenvalue weighted by Gasteiger charge is 2.69. The first-order chi connectivity index (χ1) is 15.3. The first-order valence-corrected chi connectivity index (χ1v) is 12.0. The molecule has 0 aliphatic carbocycles. The molecule has 3 aromatic carbocycles. The van der Waals surface area contributed by atoms with E-state index in [1.54, 1.807) is 48.5 Å². The Morgan fingerprint density at radius 2 is 1.53 bits per heavy atom. The fraction of sp³-hybridized carbons (Fsp3) is 0.200. The monoisotopic (exact) mass is 446 g/mol. The van der Waals surface area contributed by atoms with Gasteiger partial charge in [0.25, 0.3) is 10.8 Å². The summed E-state index contributed by atoms with van der Waals surface area (Å²) >= 11 is 0. The van der Waals surface area contributed by atoms with Crippen LogP contribution in [0.5, 0.6) is 0 Å². The van der Waals surface area contributed by atoms with E-state index in [-0.39, 0.29) is 6.54 Å². The molecule has 162 valence electrons. The van der Waals surface area contributed by atoms with Crippen LogP contribution >= 0.6 is 0 Å². The van der Waals surface area contributed by atoms with Gasteiger partial charge in [-0.2, -0.15) is 0 Å². The fourth-order valence-corrected chi connectivity index (χ4v) is 6.73. The number of carbonyl (C=O) groups excluding carboxylic acids is 2. The molecule has 0 radical (unpaired) electrons. The van der Waals surface area contributed by atoms with Crippen LogP contribution in [0, 0.1) is 13.8 Å². The first-order valence-electron chi connectivity index (χ1n) is 10.4. The lowest BCUT2D eigenvalue weighted by Gasteiger charge is -2.32. The minimum absolute atomic E-state index is 0.218. The maximum atomic E-state index is 14.1. The fourth-order valence-electron chi connectivity index (χ4n) is 4.70. The SMILES string of the molecule is Cc1ccc(N2C(=O)CS(=O)(=O)[C@@]23C(=O)N(Cc2ccccc2C)c2ccccc23)cc1. The van der Waals surface area contributed by atoms with Gasteiger partial charge in [0.1, 0.15) is 5.75 Å². The summed E-state index contributed by atoms with van der Waals surface area (Å²) in [6.45, 7) is 4.07. The molecule has 1 atom stereocenters. The van der Waals surface area contributed by atoms with Gasteiger partial charge in [-0.05, 0) is 43.2 Å². The van der Waals surface area contributed by atoms with Crippen molar-refractivity contribution >= 4 is 33.0 Å². The van der Waals surface area contributed by atoms with Gasteiger partial charge in [-0.3, -0.25) is 14.5 Å². The minimum atomic E-state index is -4.16. The van der Waals surface area contributed by atoms with E-state index in [0.29, 0.717) is 16.9 Å². The lowest BCUT2D eigenvalue weighted by molar-refractivity contribution is -0.123. The maximum absolute atomic E-state index is 14.1. The molecule has 6 nitrogen and oxygen atoms in total. The first kappa shape index (κ1) is 20.5. The zero-order valence-corrected chi connectivity index (χ0v) is 18.6. The quantitative estimate of drug-likeness (QED) is 0.618. The molecule has 1 saturated heterocycles. The Balaban J connectivity index is 1.74. The summed E-state index contributed by atoms with van der Waals surface area (Å²) in [5.74, 6) is -1.93. The number of benzene rings is 3. The van der Waals surface area contributed by atoms with E-state index in [4.69, 9.17) is 0 Å². The van der Waals surface area contributed by atoms with Crippen molar-refractivity contribution in [3.63, 3.8) is 0 Å². The molecule has 2 aliphatic heterocycles. The summed E-state index contributed by atoms with van der Waals surface area (Å²) < 4.78 is 27.2. The van der Waals surface area contributed by atoms with E-state index >= 15 is 0 Å². The van der Waals surface area contributed by atoms with Gasteiger partial charge in [-0.25, -0.2) is 8.42 Å². The number of nitrogens with zero attached hydrogens (tertiary/aromatic N) is 2. The zero-order valence-electron chi connectivity index (χ0n) is 17.8. The van der Waals surface area contributed by atoms with Crippen molar-refractivity contribution in [2.75, 3.05) is 15.6 Å². The molecule has 5 rings (SSSR count). The molecular formula is C25H22N2O4S. The molecule has 0 aromatic heterocycles. The third-order valence-corrected chi connectivity index (χ3v) is 8.41. The highest BCUT2D eigenvalue weighted by molar-refractivity contribution is 7.94. The number of sulfone groups is 1. The number of aryl methyl sites for hydroxylation is 2. The van der Waals surface area contributed by atoms with Gasteiger partial charge in [0.2, 0.25) is 5.91 Å². The van der Waals surface area contributed by atoms with Crippen molar-refractivity contribution in [3.05, 3.63) is 95.1 Å². The molecule has 1 spiro atoms. The van der Waals surface area contributed by atoms with Crippen LogP contribution in [0.1, 0.15) is 22.3 Å². The van der Waals surface area contributed by atoms with Crippen LogP contribution in [0.3, 0.4) is 0 Å². The van der Waals surface area contributed by atoms with E-state index < -0.39 is 32.3 Å². The minimum Gasteiger partial charge on any atom is -0.304 e. The predicted octanol–water partition coefficient (Wildman–Crippen LogP) is 3.46. The van der Waals surface area contributed by atoms with Crippen LogP contribution in [-0.2, 0) is 30.8 Å². The van der Waals surface area contributed by atoms with Crippen molar-refractivity contribution in [1.29, 1.82) is 0 Å². The highest BCUT2D eigenvalue weighted by atomic mass is 32.2. The van der Waals surface area contributed by atoms with Crippen molar-refractivity contribution in [2.45, 2.75) is 25.3 Å².